The summed E-state index contributed by atoms with van der Waals surface area (Å²) in [7, 11) is 0. The SMILES string of the molecule is CCCCCCCCCCCCCCCCCCNC(=O)NC(CCCCCCCCCC)OCNc1ccc(O)cc1. The van der Waals surface area contributed by atoms with Crippen LogP contribution in [-0.2, 0) is 4.74 Å². The fraction of sp³-hybridized carbons (Fsp3) is 0.811. The molecule has 0 aromatic heterocycles. The molecule has 0 saturated carbocycles. The molecule has 1 rings (SSSR count). The predicted molar refractivity (Wildman–Crippen MR) is 185 cm³/mol. The number of phenols is 1. The van der Waals surface area contributed by atoms with Crippen molar-refractivity contribution in [2.45, 2.75) is 181 Å². The Bertz CT molecular complexity index is 728. The molecule has 0 radical (unpaired) electrons. The van der Waals surface area contributed by atoms with Gasteiger partial charge in [0, 0.05) is 12.2 Å². The zero-order valence-corrected chi connectivity index (χ0v) is 28.2. The number of rotatable bonds is 31. The maximum Gasteiger partial charge on any atom is 0.316 e. The van der Waals surface area contributed by atoms with E-state index in [9.17, 15) is 9.90 Å². The molecular formula is C37H69N3O3. The van der Waals surface area contributed by atoms with Gasteiger partial charge in [0.2, 0.25) is 0 Å². The molecule has 0 saturated heterocycles. The molecule has 6 heteroatoms. The highest BCUT2D eigenvalue weighted by Gasteiger charge is 2.12. The van der Waals surface area contributed by atoms with E-state index in [1.807, 2.05) is 12.1 Å². The Kier molecular flexibility index (Phi) is 27.3. The molecule has 0 aliphatic carbocycles. The minimum Gasteiger partial charge on any atom is -0.508 e. The smallest absolute Gasteiger partial charge is 0.316 e. The monoisotopic (exact) mass is 604 g/mol. The quantitative estimate of drug-likeness (QED) is 0.0386. The Morgan fingerprint density at radius 2 is 1.05 bits per heavy atom. The molecule has 1 aromatic carbocycles. The molecule has 0 spiro atoms. The van der Waals surface area contributed by atoms with Gasteiger partial charge in [-0.25, -0.2) is 4.79 Å². The van der Waals surface area contributed by atoms with Gasteiger partial charge in [-0.2, -0.15) is 0 Å². The highest BCUT2D eigenvalue weighted by molar-refractivity contribution is 5.73. The number of hydrogen-bond donors (Lipinski definition) is 4. The van der Waals surface area contributed by atoms with Crippen LogP contribution in [0.2, 0.25) is 0 Å². The molecule has 0 bridgehead atoms. The van der Waals surface area contributed by atoms with Gasteiger partial charge >= 0.3 is 6.03 Å². The Balaban J connectivity index is 2.10. The number of urea groups is 1. The van der Waals surface area contributed by atoms with Crippen LogP contribution in [0.15, 0.2) is 24.3 Å². The first-order valence-electron chi connectivity index (χ1n) is 18.3. The van der Waals surface area contributed by atoms with Crippen molar-refractivity contribution in [3.63, 3.8) is 0 Å². The molecule has 4 N–H and O–H groups in total. The summed E-state index contributed by atoms with van der Waals surface area (Å²) < 4.78 is 6.00. The minimum absolute atomic E-state index is 0.143. The van der Waals surface area contributed by atoms with Crippen LogP contribution in [-0.4, -0.2) is 30.6 Å². The summed E-state index contributed by atoms with van der Waals surface area (Å²) in [6, 6.07) is 6.76. The van der Waals surface area contributed by atoms with Crippen molar-refractivity contribution in [1.82, 2.24) is 10.6 Å². The zero-order chi connectivity index (χ0) is 31.1. The minimum atomic E-state index is -0.324. The summed E-state index contributed by atoms with van der Waals surface area (Å²) in [6.45, 7) is 5.54. The third-order valence-electron chi connectivity index (χ3n) is 8.36. The van der Waals surface area contributed by atoms with Crippen LogP contribution in [0.4, 0.5) is 10.5 Å². The third kappa shape index (κ3) is 26.2. The molecule has 250 valence electrons. The number of nitrogens with one attached hydrogen (secondary N) is 3. The van der Waals surface area contributed by atoms with Crippen LogP contribution in [0.25, 0.3) is 0 Å². The lowest BCUT2D eigenvalue weighted by Gasteiger charge is -2.20. The van der Waals surface area contributed by atoms with Gasteiger partial charge in [-0.15, -0.1) is 0 Å². The van der Waals surface area contributed by atoms with Gasteiger partial charge in [-0.1, -0.05) is 155 Å². The number of ether oxygens (including phenoxy) is 1. The first kappa shape index (κ1) is 39.1. The van der Waals surface area contributed by atoms with Crippen molar-refractivity contribution < 1.29 is 14.6 Å². The second-order valence-electron chi connectivity index (χ2n) is 12.5. The van der Waals surface area contributed by atoms with Crippen LogP contribution in [0.3, 0.4) is 0 Å². The van der Waals surface area contributed by atoms with E-state index in [0.29, 0.717) is 13.3 Å². The maximum atomic E-state index is 12.6. The van der Waals surface area contributed by atoms with Gasteiger partial charge in [0.25, 0.3) is 0 Å². The molecular weight excluding hydrogens is 534 g/mol. The number of phenolic OH excluding ortho intramolecular Hbond substituents is 1. The van der Waals surface area contributed by atoms with Crippen molar-refractivity contribution in [3.05, 3.63) is 24.3 Å². The molecule has 1 unspecified atom stereocenters. The molecule has 0 aliphatic rings. The average Bonchev–Trinajstić information content (AvgIpc) is 3.01. The summed E-state index contributed by atoms with van der Waals surface area (Å²) in [5.41, 5.74) is 0.872. The van der Waals surface area contributed by atoms with E-state index in [2.05, 4.69) is 29.8 Å². The van der Waals surface area contributed by atoms with E-state index in [0.717, 1.165) is 24.9 Å². The number of benzene rings is 1. The Labute approximate surface area is 265 Å². The number of aromatic hydroxyl groups is 1. The highest BCUT2D eigenvalue weighted by Crippen LogP contribution is 2.16. The van der Waals surface area contributed by atoms with Crippen LogP contribution in [0.5, 0.6) is 5.75 Å². The van der Waals surface area contributed by atoms with E-state index < -0.39 is 0 Å². The van der Waals surface area contributed by atoms with Gasteiger partial charge < -0.3 is 25.8 Å². The fourth-order valence-corrected chi connectivity index (χ4v) is 5.54. The summed E-state index contributed by atoms with van der Waals surface area (Å²) in [5, 5.41) is 18.7. The first-order valence-corrected chi connectivity index (χ1v) is 18.3. The van der Waals surface area contributed by atoms with Gasteiger partial charge in [0.05, 0.1) is 0 Å². The van der Waals surface area contributed by atoms with Crippen LogP contribution >= 0.6 is 0 Å². The molecule has 1 aromatic rings. The van der Waals surface area contributed by atoms with Crippen molar-refractivity contribution in [2.24, 2.45) is 0 Å². The Morgan fingerprint density at radius 3 is 1.51 bits per heavy atom. The molecule has 43 heavy (non-hydrogen) atoms. The second-order valence-corrected chi connectivity index (χ2v) is 12.5. The zero-order valence-electron chi connectivity index (χ0n) is 28.2. The molecule has 2 amide bonds. The molecule has 0 fully saturated rings. The topological polar surface area (TPSA) is 82.6 Å². The lowest BCUT2D eigenvalue weighted by molar-refractivity contribution is 0.0414. The Hall–Kier alpha value is -1.95. The average molecular weight is 604 g/mol. The van der Waals surface area contributed by atoms with E-state index in [-0.39, 0.29) is 18.0 Å². The lowest BCUT2D eigenvalue weighted by atomic mass is 10.0. The summed E-state index contributed by atoms with van der Waals surface area (Å²) >= 11 is 0. The van der Waals surface area contributed by atoms with Crippen LogP contribution in [0, 0.1) is 0 Å². The highest BCUT2D eigenvalue weighted by atomic mass is 16.5. The van der Waals surface area contributed by atoms with E-state index in [1.165, 1.54) is 141 Å². The van der Waals surface area contributed by atoms with Crippen LogP contribution in [0.1, 0.15) is 174 Å². The van der Waals surface area contributed by atoms with Gasteiger partial charge in [-0.3, -0.25) is 0 Å². The third-order valence-corrected chi connectivity index (χ3v) is 8.36. The van der Waals surface area contributed by atoms with Gasteiger partial charge in [0.1, 0.15) is 18.7 Å². The molecule has 1 atom stereocenters. The van der Waals surface area contributed by atoms with E-state index in [4.69, 9.17) is 4.74 Å². The van der Waals surface area contributed by atoms with Crippen molar-refractivity contribution >= 4 is 11.7 Å². The van der Waals surface area contributed by atoms with Crippen molar-refractivity contribution in [2.75, 3.05) is 18.6 Å². The first-order chi connectivity index (χ1) is 21.2. The summed E-state index contributed by atoms with van der Waals surface area (Å²) in [5.74, 6) is 0.238. The number of amides is 2. The Morgan fingerprint density at radius 1 is 0.628 bits per heavy atom. The molecule has 6 nitrogen and oxygen atoms in total. The number of carbonyl (C=O) groups excluding carboxylic acids is 1. The maximum absolute atomic E-state index is 12.6. The number of anilines is 1. The number of carbonyl (C=O) groups is 1. The van der Waals surface area contributed by atoms with Crippen LogP contribution < -0.4 is 16.0 Å². The summed E-state index contributed by atoms with van der Waals surface area (Å²) in [4.78, 5) is 12.6. The largest absolute Gasteiger partial charge is 0.508 e. The summed E-state index contributed by atoms with van der Waals surface area (Å²) in [6.07, 6.45) is 32.1. The normalized spacial score (nSPS) is 11.9. The number of unbranched alkanes of at least 4 members (excludes halogenated alkanes) is 22. The standard InChI is InChI=1S/C37H69N3O3/c1-3-5-7-9-11-13-14-15-16-17-18-19-20-22-24-26-32-38-37(42)40-36(27-25-23-21-12-10-8-6-4-2)43-33-39-34-28-30-35(41)31-29-34/h28-31,36,39,41H,3-27,32-33H2,1-2H3,(H2,38,40,42). The fourth-order valence-electron chi connectivity index (χ4n) is 5.54. The van der Waals surface area contributed by atoms with Gasteiger partial charge in [-0.05, 0) is 43.5 Å². The number of hydrogen-bond acceptors (Lipinski definition) is 4. The van der Waals surface area contributed by atoms with Crippen molar-refractivity contribution in [1.29, 1.82) is 0 Å². The second kappa shape index (κ2) is 30.1. The van der Waals surface area contributed by atoms with Gasteiger partial charge in [0.15, 0.2) is 0 Å². The predicted octanol–water partition coefficient (Wildman–Crippen LogP) is 11.2. The van der Waals surface area contributed by atoms with Crippen molar-refractivity contribution in [3.8, 4) is 5.75 Å². The lowest BCUT2D eigenvalue weighted by Crippen LogP contribution is -2.44. The van der Waals surface area contributed by atoms with E-state index in [1.54, 1.807) is 12.1 Å². The molecule has 0 aliphatic heterocycles. The van der Waals surface area contributed by atoms with E-state index >= 15 is 0 Å². The molecule has 0 heterocycles.